The van der Waals surface area contributed by atoms with Gasteiger partial charge in [0.05, 0.1) is 0 Å². The highest BCUT2D eigenvalue weighted by atomic mass is 79.9. The third kappa shape index (κ3) is 5.07. The van der Waals surface area contributed by atoms with Crippen molar-refractivity contribution in [3.05, 3.63) is 63.1 Å². The van der Waals surface area contributed by atoms with Crippen molar-refractivity contribution >= 4 is 33.2 Å². The molecule has 2 aromatic carbocycles. The van der Waals surface area contributed by atoms with Crippen molar-refractivity contribution in [2.75, 3.05) is 25.0 Å². The van der Waals surface area contributed by atoms with Gasteiger partial charge in [0.25, 0.3) is 0 Å². The van der Waals surface area contributed by atoms with Crippen LogP contribution in [-0.2, 0) is 12.8 Å². The molecular weight excluding hydrogens is 420 g/mol. The van der Waals surface area contributed by atoms with Crippen LogP contribution in [0.2, 0.25) is 5.02 Å². The summed E-state index contributed by atoms with van der Waals surface area (Å²) in [4.78, 5) is 2.66. The maximum atomic E-state index is 6.17. The van der Waals surface area contributed by atoms with Crippen LogP contribution in [0.4, 0.5) is 5.69 Å². The zero-order valence-electron chi connectivity index (χ0n) is 15.8. The molecule has 0 amide bonds. The molecule has 0 aromatic heterocycles. The van der Waals surface area contributed by atoms with E-state index in [4.69, 9.17) is 11.6 Å². The SMILES string of the molecule is Clc1ccc(Br)c(CC2CCN(CCC3CCc4ccccc4N3)CC2)c1. The number of hydrogen-bond acceptors (Lipinski definition) is 2. The summed E-state index contributed by atoms with van der Waals surface area (Å²) in [6.07, 6.45) is 7.44. The smallest absolute Gasteiger partial charge is 0.0409 e. The molecule has 1 atom stereocenters. The standard InChI is InChI=1S/C23H28BrClN2/c24-22-8-6-20(25)16-19(22)15-17-9-12-27(13-10-17)14-11-21-7-5-18-3-1-2-4-23(18)26-21/h1-4,6,8,16-17,21,26H,5,7,9-15H2. The third-order valence-corrected chi connectivity index (χ3v) is 7.17. The van der Waals surface area contributed by atoms with E-state index in [0.29, 0.717) is 6.04 Å². The lowest BCUT2D eigenvalue weighted by molar-refractivity contribution is 0.179. The van der Waals surface area contributed by atoms with Crippen molar-refractivity contribution in [3.63, 3.8) is 0 Å². The molecule has 144 valence electrons. The first-order valence-corrected chi connectivity index (χ1v) is 11.4. The van der Waals surface area contributed by atoms with Gasteiger partial charge < -0.3 is 10.2 Å². The van der Waals surface area contributed by atoms with E-state index in [1.165, 1.54) is 73.0 Å². The first-order chi connectivity index (χ1) is 13.2. The van der Waals surface area contributed by atoms with Gasteiger partial charge in [-0.1, -0.05) is 45.7 Å². The molecule has 2 aromatic rings. The van der Waals surface area contributed by atoms with Crippen molar-refractivity contribution in [1.82, 2.24) is 4.90 Å². The zero-order valence-corrected chi connectivity index (χ0v) is 18.1. The summed E-state index contributed by atoms with van der Waals surface area (Å²) in [6.45, 7) is 3.67. The van der Waals surface area contributed by atoms with Gasteiger partial charge in [0.15, 0.2) is 0 Å². The van der Waals surface area contributed by atoms with Crippen LogP contribution in [-0.4, -0.2) is 30.6 Å². The third-order valence-electron chi connectivity index (χ3n) is 6.16. The lowest BCUT2D eigenvalue weighted by atomic mass is 9.90. The molecule has 1 fully saturated rings. The van der Waals surface area contributed by atoms with Gasteiger partial charge in [0.2, 0.25) is 0 Å². The van der Waals surface area contributed by atoms with Gasteiger partial charge in [-0.15, -0.1) is 0 Å². The van der Waals surface area contributed by atoms with Crippen molar-refractivity contribution in [2.45, 2.75) is 44.6 Å². The monoisotopic (exact) mass is 446 g/mol. The van der Waals surface area contributed by atoms with Crippen LogP contribution in [0.5, 0.6) is 0 Å². The number of nitrogens with zero attached hydrogens (tertiary/aromatic N) is 1. The van der Waals surface area contributed by atoms with Crippen molar-refractivity contribution in [1.29, 1.82) is 0 Å². The van der Waals surface area contributed by atoms with Gasteiger partial charge in [-0.3, -0.25) is 0 Å². The van der Waals surface area contributed by atoms with E-state index < -0.39 is 0 Å². The average Bonchev–Trinajstić information content (AvgIpc) is 2.70. The van der Waals surface area contributed by atoms with E-state index in [2.05, 4.69) is 62.5 Å². The minimum Gasteiger partial charge on any atom is -0.382 e. The fraction of sp³-hybridized carbons (Fsp3) is 0.478. The summed E-state index contributed by atoms with van der Waals surface area (Å²) in [5.41, 5.74) is 4.17. The van der Waals surface area contributed by atoms with Crippen LogP contribution in [0.25, 0.3) is 0 Å². The lowest BCUT2D eigenvalue weighted by Crippen LogP contribution is -2.37. The molecular formula is C23H28BrClN2. The fourth-order valence-corrected chi connectivity index (χ4v) is 5.08. The lowest BCUT2D eigenvalue weighted by Gasteiger charge is -2.34. The van der Waals surface area contributed by atoms with E-state index in [0.717, 1.165) is 17.4 Å². The summed E-state index contributed by atoms with van der Waals surface area (Å²) in [5.74, 6) is 0.774. The van der Waals surface area contributed by atoms with Crippen LogP contribution < -0.4 is 5.32 Å². The molecule has 2 aliphatic rings. The average molecular weight is 448 g/mol. The van der Waals surface area contributed by atoms with Gasteiger partial charge in [-0.25, -0.2) is 0 Å². The maximum Gasteiger partial charge on any atom is 0.0409 e. The summed E-state index contributed by atoms with van der Waals surface area (Å²) in [5, 5.41) is 4.59. The van der Waals surface area contributed by atoms with E-state index in [-0.39, 0.29) is 0 Å². The number of benzene rings is 2. The number of rotatable bonds is 5. The summed E-state index contributed by atoms with van der Waals surface area (Å²) in [7, 11) is 0. The van der Waals surface area contributed by atoms with Crippen LogP contribution in [0.3, 0.4) is 0 Å². The number of anilines is 1. The van der Waals surface area contributed by atoms with Crippen LogP contribution in [0.1, 0.15) is 36.8 Å². The van der Waals surface area contributed by atoms with Gasteiger partial charge in [-0.05, 0) is 92.9 Å². The number of piperidine rings is 1. The minimum absolute atomic E-state index is 0.625. The number of para-hydroxylation sites is 1. The Kier molecular flexibility index (Phi) is 6.42. The molecule has 1 unspecified atom stereocenters. The number of fused-ring (bicyclic) bond motifs is 1. The van der Waals surface area contributed by atoms with Crippen LogP contribution in [0, 0.1) is 5.92 Å². The van der Waals surface area contributed by atoms with Gasteiger partial charge >= 0.3 is 0 Å². The Morgan fingerprint density at radius 2 is 1.89 bits per heavy atom. The van der Waals surface area contributed by atoms with Gasteiger partial charge in [0, 0.05) is 27.8 Å². The number of halogens is 2. The second-order valence-electron chi connectivity index (χ2n) is 8.05. The van der Waals surface area contributed by atoms with E-state index >= 15 is 0 Å². The molecule has 2 aliphatic heterocycles. The number of likely N-dealkylation sites (tertiary alicyclic amines) is 1. The van der Waals surface area contributed by atoms with Crippen LogP contribution >= 0.6 is 27.5 Å². The molecule has 0 bridgehead atoms. The summed E-state index contributed by atoms with van der Waals surface area (Å²) in [6, 6.07) is 15.5. The van der Waals surface area contributed by atoms with Crippen molar-refractivity contribution < 1.29 is 0 Å². The Hall–Kier alpha value is -1.03. The Labute approximate surface area is 176 Å². The quantitative estimate of drug-likeness (QED) is 0.589. The van der Waals surface area contributed by atoms with E-state index in [1.54, 1.807) is 0 Å². The highest BCUT2D eigenvalue weighted by molar-refractivity contribution is 9.10. The highest BCUT2D eigenvalue weighted by Gasteiger charge is 2.22. The normalized spacial score (nSPS) is 20.9. The topological polar surface area (TPSA) is 15.3 Å². The van der Waals surface area contributed by atoms with Crippen molar-refractivity contribution in [2.24, 2.45) is 5.92 Å². The molecule has 1 N–H and O–H groups in total. The molecule has 4 heteroatoms. The Bertz CT molecular complexity index is 771. The van der Waals surface area contributed by atoms with Gasteiger partial charge in [0.1, 0.15) is 0 Å². The molecule has 4 rings (SSSR count). The molecule has 0 radical (unpaired) electrons. The fourth-order valence-electron chi connectivity index (χ4n) is 4.48. The molecule has 2 nitrogen and oxygen atoms in total. The Balaban J connectivity index is 1.22. The maximum absolute atomic E-state index is 6.17. The summed E-state index contributed by atoms with van der Waals surface area (Å²) < 4.78 is 1.19. The molecule has 0 aliphatic carbocycles. The second kappa shape index (κ2) is 8.98. The van der Waals surface area contributed by atoms with E-state index in [1.807, 2.05) is 6.07 Å². The zero-order chi connectivity index (χ0) is 18.6. The molecule has 27 heavy (non-hydrogen) atoms. The summed E-state index contributed by atoms with van der Waals surface area (Å²) >= 11 is 9.84. The first-order valence-electron chi connectivity index (χ1n) is 10.2. The number of hydrogen-bond donors (Lipinski definition) is 1. The van der Waals surface area contributed by atoms with E-state index in [9.17, 15) is 0 Å². The number of nitrogens with one attached hydrogen (secondary N) is 1. The predicted molar refractivity (Wildman–Crippen MR) is 119 cm³/mol. The van der Waals surface area contributed by atoms with Gasteiger partial charge in [-0.2, -0.15) is 0 Å². The highest BCUT2D eigenvalue weighted by Crippen LogP contribution is 2.29. The Morgan fingerprint density at radius 1 is 1.07 bits per heavy atom. The Morgan fingerprint density at radius 3 is 2.74 bits per heavy atom. The molecule has 0 saturated carbocycles. The van der Waals surface area contributed by atoms with Crippen molar-refractivity contribution in [3.8, 4) is 0 Å². The van der Waals surface area contributed by atoms with Crippen LogP contribution in [0.15, 0.2) is 46.9 Å². The predicted octanol–water partition coefficient (Wildman–Crippen LogP) is 6.17. The molecule has 1 saturated heterocycles. The largest absolute Gasteiger partial charge is 0.382 e. The second-order valence-corrected chi connectivity index (χ2v) is 9.34. The minimum atomic E-state index is 0.625. The number of aryl methyl sites for hydroxylation is 1. The molecule has 0 spiro atoms. The molecule has 2 heterocycles. The first kappa shape index (κ1) is 19.3.